The zero-order chi connectivity index (χ0) is 13.2. The van der Waals surface area contributed by atoms with Crippen molar-refractivity contribution in [2.45, 2.75) is 31.7 Å². The van der Waals surface area contributed by atoms with E-state index >= 15 is 0 Å². The molecule has 0 spiro atoms. The number of nitrogens with zero attached hydrogens (tertiary/aromatic N) is 2. The molecular formula is C14H19N3S2. The molecule has 0 amide bonds. The van der Waals surface area contributed by atoms with Crippen LogP contribution >= 0.6 is 23.1 Å². The van der Waals surface area contributed by atoms with Crippen molar-refractivity contribution in [3.63, 3.8) is 0 Å². The topological polar surface area (TPSA) is 29.9 Å². The number of aryl methyl sites for hydroxylation is 2. The van der Waals surface area contributed by atoms with Gasteiger partial charge in [-0.3, -0.25) is 4.68 Å². The van der Waals surface area contributed by atoms with Gasteiger partial charge < -0.3 is 5.32 Å². The molecule has 2 aromatic rings. The summed E-state index contributed by atoms with van der Waals surface area (Å²) in [5, 5.41) is 7.84. The van der Waals surface area contributed by atoms with Gasteiger partial charge in [-0.2, -0.15) is 16.9 Å². The molecule has 2 aromatic heterocycles. The van der Waals surface area contributed by atoms with Crippen molar-refractivity contribution >= 4 is 23.1 Å². The van der Waals surface area contributed by atoms with Crippen molar-refractivity contribution in [3.05, 3.63) is 39.3 Å². The number of rotatable bonds is 4. The zero-order valence-corrected chi connectivity index (χ0v) is 13.0. The van der Waals surface area contributed by atoms with E-state index in [1.165, 1.54) is 28.5 Å². The lowest BCUT2D eigenvalue weighted by Crippen LogP contribution is -2.20. The normalized spacial score (nSPS) is 16.3. The molecule has 102 valence electrons. The monoisotopic (exact) mass is 293 g/mol. The highest BCUT2D eigenvalue weighted by atomic mass is 32.2. The fraction of sp³-hybridized carbons (Fsp3) is 0.500. The maximum Gasteiger partial charge on any atom is 0.0839 e. The van der Waals surface area contributed by atoms with Crippen LogP contribution in [0.3, 0.4) is 0 Å². The highest BCUT2D eigenvalue weighted by Gasteiger charge is 2.21. The Morgan fingerprint density at radius 3 is 3.16 bits per heavy atom. The quantitative estimate of drug-likeness (QED) is 0.939. The molecule has 1 aliphatic rings. The number of hydrogen-bond donors (Lipinski definition) is 1. The van der Waals surface area contributed by atoms with Crippen LogP contribution in [0.1, 0.15) is 34.0 Å². The first-order chi connectivity index (χ1) is 9.33. The van der Waals surface area contributed by atoms with Crippen molar-refractivity contribution in [1.29, 1.82) is 0 Å². The minimum Gasteiger partial charge on any atom is -0.307 e. The van der Waals surface area contributed by atoms with Gasteiger partial charge in [0.25, 0.3) is 0 Å². The average Bonchev–Trinajstić information content (AvgIpc) is 3.05. The predicted molar refractivity (Wildman–Crippen MR) is 83.0 cm³/mol. The van der Waals surface area contributed by atoms with Crippen LogP contribution in [0, 0.1) is 0 Å². The van der Waals surface area contributed by atoms with Gasteiger partial charge in [0.15, 0.2) is 0 Å². The third-order valence-corrected chi connectivity index (χ3v) is 5.87. The molecule has 0 radical (unpaired) electrons. The molecule has 1 atom stereocenters. The highest BCUT2D eigenvalue weighted by Crippen LogP contribution is 2.36. The van der Waals surface area contributed by atoms with Gasteiger partial charge in [-0.25, -0.2) is 0 Å². The van der Waals surface area contributed by atoms with Crippen molar-refractivity contribution in [1.82, 2.24) is 15.1 Å². The van der Waals surface area contributed by atoms with Gasteiger partial charge >= 0.3 is 0 Å². The minimum atomic E-state index is 0.267. The lowest BCUT2D eigenvalue weighted by molar-refractivity contribution is 0.567. The van der Waals surface area contributed by atoms with Crippen LogP contribution in [0.2, 0.25) is 0 Å². The molecule has 0 aromatic carbocycles. The molecule has 0 fully saturated rings. The van der Waals surface area contributed by atoms with E-state index in [9.17, 15) is 0 Å². The number of thiophene rings is 1. The summed E-state index contributed by atoms with van der Waals surface area (Å²) in [7, 11) is 2.03. The van der Waals surface area contributed by atoms with Gasteiger partial charge in [0.2, 0.25) is 0 Å². The second-order valence-corrected chi connectivity index (χ2v) is 6.97. The molecule has 3 heterocycles. The molecular weight excluding hydrogens is 274 g/mol. The molecule has 3 nitrogen and oxygen atoms in total. The number of aromatic nitrogens is 2. The van der Waals surface area contributed by atoms with Gasteiger partial charge in [-0.1, -0.05) is 0 Å². The van der Waals surface area contributed by atoms with E-state index < -0.39 is 0 Å². The van der Waals surface area contributed by atoms with Gasteiger partial charge in [-0.05, 0) is 43.8 Å². The van der Waals surface area contributed by atoms with Gasteiger partial charge in [-0.15, -0.1) is 11.3 Å². The molecule has 5 heteroatoms. The van der Waals surface area contributed by atoms with E-state index in [1.807, 2.05) is 36.3 Å². The fourth-order valence-corrected chi connectivity index (χ4v) is 5.10. The molecule has 1 aliphatic heterocycles. The van der Waals surface area contributed by atoms with Crippen LogP contribution in [0.4, 0.5) is 0 Å². The van der Waals surface area contributed by atoms with Gasteiger partial charge in [0.1, 0.15) is 0 Å². The van der Waals surface area contributed by atoms with Crippen molar-refractivity contribution in [3.8, 4) is 0 Å². The summed E-state index contributed by atoms with van der Waals surface area (Å²) in [5.41, 5.74) is 2.80. The summed E-state index contributed by atoms with van der Waals surface area (Å²) in [5.74, 6) is 2.44. The second kappa shape index (κ2) is 5.69. The Bertz CT molecular complexity index is 535. The summed E-state index contributed by atoms with van der Waals surface area (Å²) in [6, 6.07) is 4.78. The van der Waals surface area contributed by atoms with Crippen LogP contribution < -0.4 is 5.32 Å². The van der Waals surface area contributed by atoms with Crippen LogP contribution in [0.15, 0.2) is 18.3 Å². The van der Waals surface area contributed by atoms with Gasteiger partial charge in [0.05, 0.1) is 11.7 Å². The predicted octanol–water partition coefficient (Wildman–Crippen LogP) is 3.06. The number of thioether (sulfide) groups is 1. The SMILES string of the molecule is CCn1nccc1C(NC)c1cc2c(s1)CCSC2. The van der Waals surface area contributed by atoms with Crippen LogP contribution in [0.5, 0.6) is 0 Å². The van der Waals surface area contributed by atoms with Gasteiger partial charge in [0, 0.05) is 28.2 Å². The van der Waals surface area contributed by atoms with E-state index in [0.29, 0.717) is 0 Å². The Hall–Kier alpha value is -0.780. The molecule has 0 saturated heterocycles. The first kappa shape index (κ1) is 13.2. The number of fused-ring (bicyclic) bond motifs is 1. The lowest BCUT2D eigenvalue weighted by Gasteiger charge is -2.16. The maximum atomic E-state index is 4.39. The summed E-state index contributed by atoms with van der Waals surface area (Å²) in [6.45, 7) is 3.06. The minimum absolute atomic E-state index is 0.267. The van der Waals surface area contributed by atoms with Crippen molar-refractivity contribution in [2.75, 3.05) is 12.8 Å². The molecule has 0 aliphatic carbocycles. The second-order valence-electron chi connectivity index (χ2n) is 4.69. The molecule has 19 heavy (non-hydrogen) atoms. The Morgan fingerprint density at radius 1 is 1.53 bits per heavy atom. The third kappa shape index (κ3) is 2.47. The van der Waals surface area contributed by atoms with E-state index in [0.717, 1.165) is 6.54 Å². The molecule has 1 N–H and O–H groups in total. The number of hydrogen-bond acceptors (Lipinski definition) is 4. The van der Waals surface area contributed by atoms with E-state index in [1.54, 1.807) is 10.4 Å². The summed E-state index contributed by atoms with van der Waals surface area (Å²) in [4.78, 5) is 3.00. The Morgan fingerprint density at radius 2 is 2.42 bits per heavy atom. The maximum absolute atomic E-state index is 4.39. The van der Waals surface area contributed by atoms with E-state index in [2.05, 4.69) is 34.2 Å². The molecule has 1 unspecified atom stereocenters. The lowest BCUT2D eigenvalue weighted by atomic mass is 10.1. The smallest absolute Gasteiger partial charge is 0.0839 e. The molecule has 0 bridgehead atoms. The van der Waals surface area contributed by atoms with Crippen molar-refractivity contribution in [2.24, 2.45) is 0 Å². The number of nitrogens with one attached hydrogen (secondary N) is 1. The average molecular weight is 293 g/mol. The van der Waals surface area contributed by atoms with E-state index in [-0.39, 0.29) is 6.04 Å². The van der Waals surface area contributed by atoms with Crippen molar-refractivity contribution < 1.29 is 0 Å². The third-order valence-electron chi connectivity index (χ3n) is 3.56. The zero-order valence-electron chi connectivity index (χ0n) is 11.3. The van der Waals surface area contributed by atoms with Crippen LogP contribution in [0.25, 0.3) is 0 Å². The molecule has 0 saturated carbocycles. The largest absolute Gasteiger partial charge is 0.307 e. The summed E-state index contributed by atoms with van der Waals surface area (Å²) >= 11 is 4.01. The Labute approximate surface area is 122 Å². The first-order valence-corrected chi connectivity index (χ1v) is 8.68. The Kier molecular flexibility index (Phi) is 3.96. The molecule has 3 rings (SSSR count). The summed E-state index contributed by atoms with van der Waals surface area (Å²) < 4.78 is 2.08. The summed E-state index contributed by atoms with van der Waals surface area (Å²) in [6.07, 6.45) is 3.13. The Balaban J connectivity index is 1.96. The fourth-order valence-electron chi connectivity index (χ4n) is 2.60. The van der Waals surface area contributed by atoms with Crippen LogP contribution in [-0.2, 0) is 18.7 Å². The first-order valence-electron chi connectivity index (χ1n) is 6.71. The standard InChI is InChI=1S/C14H19N3S2/c1-3-17-11(4-6-16-17)14(15-2)13-8-10-9-18-7-5-12(10)19-13/h4,6,8,14-15H,3,5,7,9H2,1-2H3. The highest BCUT2D eigenvalue weighted by molar-refractivity contribution is 7.98. The van der Waals surface area contributed by atoms with E-state index in [4.69, 9.17) is 0 Å². The van der Waals surface area contributed by atoms with Crippen LogP contribution in [-0.4, -0.2) is 22.6 Å².